The van der Waals surface area contributed by atoms with Crippen molar-refractivity contribution in [2.24, 2.45) is 4.99 Å². The number of aromatic nitrogens is 1. The van der Waals surface area contributed by atoms with Crippen molar-refractivity contribution < 1.29 is 9.13 Å². The van der Waals surface area contributed by atoms with Crippen LogP contribution in [-0.2, 0) is 13.1 Å². The highest BCUT2D eigenvalue weighted by atomic mass is 19.1. The number of pyridine rings is 1. The average molecular weight is 344 g/mol. The molecule has 0 aliphatic carbocycles. The summed E-state index contributed by atoms with van der Waals surface area (Å²) in [5, 5.41) is 6.44. The molecule has 6 heteroatoms. The molecule has 1 aromatic heterocycles. The summed E-state index contributed by atoms with van der Waals surface area (Å²) in [4.78, 5) is 8.46. The van der Waals surface area contributed by atoms with Gasteiger partial charge in [-0.3, -0.25) is 4.99 Å². The normalized spacial score (nSPS) is 11.3. The molecule has 0 saturated carbocycles. The van der Waals surface area contributed by atoms with Crippen LogP contribution in [0, 0.1) is 12.7 Å². The molecule has 2 aromatic rings. The van der Waals surface area contributed by atoms with E-state index in [1.54, 1.807) is 26.2 Å². The number of nitrogens with one attached hydrogen (secondary N) is 2. The molecule has 0 aliphatic heterocycles. The Labute approximate surface area is 148 Å². The number of hydrogen-bond acceptors (Lipinski definition) is 3. The molecule has 1 aromatic carbocycles. The van der Waals surface area contributed by atoms with Crippen molar-refractivity contribution in [3.8, 4) is 5.88 Å². The van der Waals surface area contributed by atoms with Gasteiger partial charge in [-0.1, -0.05) is 25.1 Å². The van der Waals surface area contributed by atoms with Crippen LogP contribution in [0.5, 0.6) is 5.88 Å². The highest BCUT2D eigenvalue weighted by molar-refractivity contribution is 5.79. The zero-order chi connectivity index (χ0) is 18.1. The lowest BCUT2D eigenvalue weighted by molar-refractivity contribution is 0.305. The Morgan fingerprint density at radius 1 is 1.16 bits per heavy atom. The SMILES string of the molecule is CCCOc1ccc(CNC(=NC)NCc2ccc(F)c(C)c2)cn1. The van der Waals surface area contributed by atoms with Crippen LogP contribution in [-0.4, -0.2) is 24.6 Å². The third kappa shape index (κ3) is 6.06. The second-order valence-corrected chi connectivity index (χ2v) is 5.72. The minimum atomic E-state index is -0.190. The van der Waals surface area contributed by atoms with Crippen LogP contribution in [0.2, 0.25) is 0 Å². The second kappa shape index (κ2) is 9.61. The summed E-state index contributed by atoms with van der Waals surface area (Å²) in [5.74, 6) is 1.12. The van der Waals surface area contributed by atoms with Gasteiger partial charge in [0.15, 0.2) is 5.96 Å². The number of benzene rings is 1. The van der Waals surface area contributed by atoms with Crippen molar-refractivity contribution >= 4 is 5.96 Å². The molecule has 0 bridgehead atoms. The van der Waals surface area contributed by atoms with Crippen molar-refractivity contribution in [3.05, 3.63) is 59.0 Å². The molecule has 134 valence electrons. The Kier molecular flexibility index (Phi) is 7.19. The highest BCUT2D eigenvalue weighted by Crippen LogP contribution is 2.09. The quantitative estimate of drug-likeness (QED) is 0.598. The number of aliphatic imine (C=N–C) groups is 1. The number of guanidine groups is 1. The van der Waals surface area contributed by atoms with Gasteiger partial charge < -0.3 is 15.4 Å². The fourth-order valence-electron chi connectivity index (χ4n) is 2.22. The molecule has 0 aliphatic rings. The van der Waals surface area contributed by atoms with E-state index in [9.17, 15) is 4.39 Å². The second-order valence-electron chi connectivity index (χ2n) is 5.72. The van der Waals surface area contributed by atoms with Gasteiger partial charge in [-0.05, 0) is 36.1 Å². The van der Waals surface area contributed by atoms with Gasteiger partial charge in [-0.15, -0.1) is 0 Å². The average Bonchev–Trinajstić information content (AvgIpc) is 2.64. The van der Waals surface area contributed by atoms with Crippen molar-refractivity contribution in [2.75, 3.05) is 13.7 Å². The molecular formula is C19H25FN4O. The van der Waals surface area contributed by atoms with Crippen LogP contribution in [0.4, 0.5) is 4.39 Å². The predicted molar refractivity (Wildman–Crippen MR) is 98.2 cm³/mol. The summed E-state index contributed by atoms with van der Waals surface area (Å²) in [6.45, 7) is 5.66. The smallest absolute Gasteiger partial charge is 0.213 e. The van der Waals surface area contributed by atoms with Crippen molar-refractivity contribution in [2.45, 2.75) is 33.4 Å². The molecular weight excluding hydrogens is 319 g/mol. The molecule has 0 amide bonds. The van der Waals surface area contributed by atoms with Gasteiger partial charge in [-0.2, -0.15) is 0 Å². The summed E-state index contributed by atoms with van der Waals surface area (Å²) in [6, 6.07) is 8.91. The molecule has 0 radical (unpaired) electrons. The summed E-state index contributed by atoms with van der Waals surface area (Å²) in [7, 11) is 1.71. The lowest BCUT2D eigenvalue weighted by Gasteiger charge is -2.12. The Balaban J connectivity index is 1.82. The molecule has 25 heavy (non-hydrogen) atoms. The lowest BCUT2D eigenvalue weighted by atomic mass is 10.1. The number of ether oxygens (including phenoxy) is 1. The third-order valence-corrected chi connectivity index (χ3v) is 3.62. The lowest BCUT2D eigenvalue weighted by Crippen LogP contribution is -2.36. The van der Waals surface area contributed by atoms with E-state index < -0.39 is 0 Å². The first-order valence-corrected chi connectivity index (χ1v) is 8.39. The minimum Gasteiger partial charge on any atom is -0.478 e. The minimum absolute atomic E-state index is 0.190. The molecule has 0 saturated heterocycles. The number of nitrogens with zero attached hydrogens (tertiary/aromatic N) is 2. The van der Waals surface area contributed by atoms with Gasteiger partial charge in [0, 0.05) is 32.4 Å². The number of hydrogen-bond donors (Lipinski definition) is 2. The predicted octanol–water partition coefficient (Wildman–Crippen LogP) is 3.18. The van der Waals surface area contributed by atoms with Crippen LogP contribution >= 0.6 is 0 Å². The molecule has 5 nitrogen and oxygen atoms in total. The summed E-state index contributed by atoms with van der Waals surface area (Å²) >= 11 is 0. The summed E-state index contributed by atoms with van der Waals surface area (Å²) < 4.78 is 18.8. The first-order chi connectivity index (χ1) is 12.1. The van der Waals surface area contributed by atoms with E-state index in [1.165, 1.54) is 6.07 Å². The van der Waals surface area contributed by atoms with Gasteiger partial charge in [0.25, 0.3) is 0 Å². The van der Waals surface area contributed by atoms with E-state index in [2.05, 4.69) is 27.5 Å². The van der Waals surface area contributed by atoms with E-state index >= 15 is 0 Å². The maximum Gasteiger partial charge on any atom is 0.213 e. The topological polar surface area (TPSA) is 58.5 Å². The van der Waals surface area contributed by atoms with E-state index in [4.69, 9.17) is 4.74 Å². The van der Waals surface area contributed by atoms with E-state index in [0.29, 0.717) is 37.1 Å². The summed E-state index contributed by atoms with van der Waals surface area (Å²) in [6.07, 6.45) is 2.75. The van der Waals surface area contributed by atoms with Gasteiger partial charge in [0.1, 0.15) is 5.82 Å². The maximum atomic E-state index is 13.3. The van der Waals surface area contributed by atoms with Crippen molar-refractivity contribution in [1.82, 2.24) is 15.6 Å². The van der Waals surface area contributed by atoms with Crippen molar-refractivity contribution in [1.29, 1.82) is 0 Å². The van der Waals surface area contributed by atoms with Gasteiger partial charge in [0.05, 0.1) is 6.61 Å². The van der Waals surface area contributed by atoms with Gasteiger partial charge in [0.2, 0.25) is 5.88 Å². The standard InChI is InChI=1S/C19H25FN4O/c1-4-9-25-18-8-6-16(12-22-18)13-24-19(21-3)23-11-15-5-7-17(20)14(2)10-15/h5-8,10,12H,4,9,11,13H2,1-3H3,(H2,21,23,24). The molecule has 2 rings (SSSR count). The summed E-state index contributed by atoms with van der Waals surface area (Å²) in [5.41, 5.74) is 2.67. The third-order valence-electron chi connectivity index (χ3n) is 3.62. The largest absolute Gasteiger partial charge is 0.478 e. The van der Waals surface area contributed by atoms with Crippen LogP contribution < -0.4 is 15.4 Å². The number of rotatable bonds is 7. The highest BCUT2D eigenvalue weighted by Gasteiger charge is 2.02. The molecule has 1 heterocycles. The van der Waals surface area contributed by atoms with Gasteiger partial charge in [-0.25, -0.2) is 9.37 Å². The molecule has 0 fully saturated rings. The Morgan fingerprint density at radius 2 is 1.88 bits per heavy atom. The fraction of sp³-hybridized carbons (Fsp3) is 0.368. The monoisotopic (exact) mass is 344 g/mol. The fourth-order valence-corrected chi connectivity index (χ4v) is 2.22. The molecule has 0 unspecified atom stereocenters. The van der Waals surface area contributed by atoms with E-state index in [-0.39, 0.29) is 5.82 Å². The van der Waals surface area contributed by atoms with Crippen molar-refractivity contribution in [3.63, 3.8) is 0 Å². The Morgan fingerprint density at radius 3 is 2.48 bits per heavy atom. The van der Waals surface area contributed by atoms with Gasteiger partial charge >= 0.3 is 0 Å². The first-order valence-electron chi connectivity index (χ1n) is 8.39. The van der Waals surface area contributed by atoms with Crippen LogP contribution in [0.3, 0.4) is 0 Å². The first kappa shape index (κ1) is 18.7. The molecule has 0 spiro atoms. The maximum absolute atomic E-state index is 13.3. The number of halogens is 1. The van der Waals surface area contributed by atoms with E-state index in [0.717, 1.165) is 17.5 Å². The van der Waals surface area contributed by atoms with Crippen LogP contribution in [0.1, 0.15) is 30.0 Å². The van der Waals surface area contributed by atoms with Crippen LogP contribution in [0.15, 0.2) is 41.5 Å². The number of aryl methyl sites for hydroxylation is 1. The zero-order valence-electron chi connectivity index (χ0n) is 15.0. The zero-order valence-corrected chi connectivity index (χ0v) is 15.0. The Hall–Kier alpha value is -2.63. The van der Waals surface area contributed by atoms with Crippen LogP contribution in [0.25, 0.3) is 0 Å². The molecule has 0 atom stereocenters. The molecule has 2 N–H and O–H groups in total. The Bertz CT molecular complexity index is 701. The van der Waals surface area contributed by atoms with E-state index in [1.807, 2.05) is 18.2 Å².